The summed E-state index contributed by atoms with van der Waals surface area (Å²) in [5, 5.41) is 0. The Morgan fingerprint density at radius 2 is 1.74 bits per heavy atom. The molecule has 2 nitrogen and oxygen atoms in total. The molecule has 0 atom stereocenters. The molecule has 100 valence electrons. The largest absolute Gasteiger partial charge is 0.223 e. The second kappa shape index (κ2) is 5.13. The first-order chi connectivity index (χ1) is 8.90. The van der Waals surface area contributed by atoms with Crippen LogP contribution in [-0.2, 0) is 15.6 Å². The molecule has 0 saturated carbocycles. The summed E-state index contributed by atoms with van der Waals surface area (Å²) in [6.45, 7) is 3.75. The molecule has 2 aromatic carbocycles. The van der Waals surface area contributed by atoms with E-state index in [1.54, 1.807) is 0 Å². The van der Waals surface area contributed by atoms with Gasteiger partial charge in [0.2, 0.25) is 0 Å². The Morgan fingerprint density at radius 3 is 2.42 bits per heavy atom. The van der Waals surface area contributed by atoms with Crippen molar-refractivity contribution in [3.05, 3.63) is 65.0 Å². The zero-order valence-electron chi connectivity index (χ0n) is 10.9. The van der Waals surface area contributed by atoms with Crippen LogP contribution in [0.3, 0.4) is 0 Å². The van der Waals surface area contributed by atoms with Gasteiger partial charge in [0.05, 0.1) is 5.75 Å². The van der Waals surface area contributed by atoms with Gasteiger partial charge in [0, 0.05) is 0 Å². The Kier molecular flexibility index (Phi) is 3.71. The third-order valence-corrected chi connectivity index (χ3v) is 4.71. The van der Waals surface area contributed by atoms with Crippen molar-refractivity contribution >= 4 is 9.84 Å². The summed E-state index contributed by atoms with van der Waals surface area (Å²) in [6.07, 6.45) is 0. The van der Waals surface area contributed by atoms with E-state index in [0.717, 1.165) is 17.2 Å². The minimum absolute atomic E-state index is 0.179. The van der Waals surface area contributed by atoms with Crippen molar-refractivity contribution in [1.29, 1.82) is 0 Å². The molecule has 0 aromatic heterocycles. The van der Waals surface area contributed by atoms with Gasteiger partial charge in [0.1, 0.15) is 10.7 Å². The van der Waals surface area contributed by atoms with Crippen LogP contribution in [0.4, 0.5) is 4.39 Å². The number of rotatable bonds is 3. The molecule has 2 rings (SSSR count). The zero-order chi connectivity index (χ0) is 14.0. The molecule has 0 aliphatic carbocycles. The molecule has 0 N–H and O–H groups in total. The first kappa shape index (κ1) is 13.7. The Morgan fingerprint density at radius 1 is 1.05 bits per heavy atom. The van der Waals surface area contributed by atoms with E-state index in [1.807, 2.05) is 32.0 Å². The number of hydrogen-bond acceptors (Lipinski definition) is 2. The van der Waals surface area contributed by atoms with Crippen molar-refractivity contribution in [2.75, 3.05) is 0 Å². The molecule has 0 fully saturated rings. The predicted octanol–water partition coefficient (Wildman–Crippen LogP) is 3.42. The van der Waals surface area contributed by atoms with Crippen molar-refractivity contribution in [2.24, 2.45) is 0 Å². The molecular formula is C15H15FO2S. The average Bonchev–Trinajstić information content (AvgIpc) is 2.34. The van der Waals surface area contributed by atoms with Crippen LogP contribution in [0.25, 0.3) is 0 Å². The lowest BCUT2D eigenvalue weighted by Crippen LogP contribution is -2.08. The van der Waals surface area contributed by atoms with Crippen molar-refractivity contribution < 1.29 is 12.8 Å². The van der Waals surface area contributed by atoms with E-state index in [4.69, 9.17) is 0 Å². The first-order valence-corrected chi connectivity index (χ1v) is 7.59. The highest BCUT2D eigenvalue weighted by Crippen LogP contribution is 2.21. The van der Waals surface area contributed by atoms with E-state index in [-0.39, 0.29) is 10.6 Å². The van der Waals surface area contributed by atoms with Crippen molar-refractivity contribution in [2.45, 2.75) is 24.5 Å². The summed E-state index contributed by atoms with van der Waals surface area (Å²) in [7, 11) is -3.66. The maximum Gasteiger partial charge on any atom is 0.185 e. The molecular weight excluding hydrogens is 263 g/mol. The maximum atomic E-state index is 13.6. The van der Waals surface area contributed by atoms with Gasteiger partial charge in [-0.25, -0.2) is 12.8 Å². The van der Waals surface area contributed by atoms with Crippen LogP contribution in [0.15, 0.2) is 47.4 Å². The topological polar surface area (TPSA) is 34.1 Å². The Balaban J connectivity index is 2.43. The van der Waals surface area contributed by atoms with Crippen LogP contribution < -0.4 is 0 Å². The normalized spacial score (nSPS) is 11.5. The molecule has 0 unspecified atom stereocenters. The van der Waals surface area contributed by atoms with Gasteiger partial charge in [-0.05, 0) is 37.1 Å². The Bertz CT molecular complexity index is 706. The summed E-state index contributed by atoms with van der Waals surface area (Å²) >= 11 is 0. The summed E-state index contributed by atoms with van der Waals surface area (Å²) in [4.78, 5) is -0.240. The maximum absolute atomic E-state index is 13.6. The lowest BCUT2D eigenvalue weighted by Gasteiger charge is -2.09. The van der Waals surface area contributed by atoms with Gasteiger partial charge in [-0.1, -0.05) is 35.9 Å². The fourth-order valence-electron chi connectivity index (χ4n) is 1.94. The van der Waals surface area contributed by atoms with Gasteiger partial charge in [0.15, 0.2) is 9.84 Å². The van der Waals surface area contributed by atoms with Crippen LogP contribution in [-0.4, -0.2) is 8.42 Å². The van der Waals surface area contributed by atoms with E-state index in [2.05, 4.69) is 0 Å². The molecule has 0 aliphatic heterocycles. The van der Waals surface area contributed by atoms with E-state index >= 15 is 0 Å². The fourth-order valence-corrected chi connectivity index (χ4v) is 3.46. The van der Waals surface area contributed by atoms with Gasteiger partial charge in [-0.2, -0.15) is 0 Å². The number of halogens is 1. The van der Waals surface area contributed by atoms with Gasteiger partial charge in [-0.3, -0.25) is 0 Å². The van der Waals surface area contributed by atoms with Gasteiger partial charge >= 0.3 is 0 Å². The van der Waals surface area contributed by atoms with Crippen LogP contribution in [0, 0.1) is 19.7 Å². The number of aryl methyl sites for hydroxylation is 2. The van der Waals surface area contributed by atoms with Crippen LogP contribution in [0.5, 0.6) is 0 Å². The Hall–Kier alpha value is -1.68. The number of hydrogen-bond donors (Lipinski definition) is 0. The SMILES string of the molecule is Cc1ccc(C)c(CS(=O)(=O)c2ccccc2F)c1. The lowest BCUT2D eigenvalue weighted by atomic mass is 10.1. The molecule has 4 heteroatoms. The summed E-state index contributed by atoms with van der Waals surface area (Å²) in [5.74, 6) is -0.880. The quantitative estimate of drug-likeness (QED) is 0.862. The van der Waals surface area contributed by atoms with Gasteiger partial charge in [-0.15, -0.1) is 0 Å². The van der Waals surface area contributed by atoms with Crippen LogP contribution in [0.1, 0.15) is 16.7 Å². The van der Waals surface area contributed by atoms with Crippen molar-refractivity contribution in [3.63, 3.8) is 0 Å². The van der Waals surface area contributed by atoms with Crippen LogP contribution >= 0.6 is 0 Å². The third kappa shape index (κ3) is 3.01. The summed E-state index contributed by atoms with van der Waals surface area (Å²) in [6, 6.07) is 11.1. The molecule has 0 radical (unpaired) electrons. The molecule has 0 heterocycles. The first-order valence-electron chi connectivity index (χ1n) is 5.93. The third-order valence-electron chi connectivity index (χ3n) is 3.02. The minimum Gasteiger partial charge on any atom is -0.223 e. The predicted molar refractivity (Wildman–Crippen MR) is 73.2 cm³/mol. The molecule has 0 bridgehead atoms. The minimum atomic E-state index is -3.66. The van der Waals surface area contributed by atoms with Gasteiger partial charge < -0.3 is 0 Å². The highest BCUT2D eigenvalue weighted by atomic mass is 32.2. The van der Waals surface area contributed by atoms with Crippen LogP contribution in [0.2, 0.25) is 0 Å². The smallest absolute Gasteiger partial charge is 0.185 e. The van der Waals surface area contributed by atoms with E-state index in [9.17, 15) is 12.8 Å². The molecule has 0 amide bonds. The monoisotopic (exact) mass is 278 g/mol. The van der Waals surface area contributed by atoms with Gasteiger partial charge in [0.25, 0.3) is 0 Å². The summed E-state index contributed by atoms with van der Waals surface area (Å²) < 4.78 is 38.1. The Labute approximate surface area is 112 Å². The standard InChI is InChI=1S/C15H15FO2S/c1-11-7-8-12(2)13(9-11)10-19(17,18)15-6-4-3-5-14(15)16/h3-9H,10H2,1-2H3. The average molecular weight is 278 g/mol. The highest BCUT2D eigenvalue weighted by Gasteiger charge is 2.20. The fraction of sp³-hybridized carbons (Fsp3) is 0.200. The van der Waals surface area contributed by atoms with E-state index in [0.29, 0.717) is 5.56 Å². The second-order valence-electron chi connectivity index (χ2n) is 4.62. The molecule has 0 spiro atoms. The number of sulfone groups is 1. The van der Waals surface area contributed by atoms with Crippen molar-refractivity contribution in [1.82, 2.24) is 0 Å². The molecule has 19 heavy (non-hydrogen) atoms. The second-order valence-corrected chi connectivity index (χ2v) is 6.58. The van der Waals surface area contributed by atoms with E-state index in [1.165, 1.54) is 18.2 Å². The number of benzene rings is 2. The zero-order valence-corrected chi connectivity index (χ0v) is 11.7. The molecule has 0 saturated heterocycles. The lowest BCUT2D eigenvalue weighted by molar-refractivity contribution is 0.566. The molecule has 0 aliphatic rings. The molecule has 2 aromatic rings. The van der Waals surface area contributed by atoms with E-state index < -0.39 is 15.7 Å². The highest BCUT2D eigenvalue weighted by molar-refractivity contribution is 7.90. The van der Waals surface area contributed by atoms with Crippen molar-refractivity contribution in [3.8, 4) is 0 Å². The summed E-state index contributed by atoms with van der Waals surface area (Å²) in [5.41, 5.74) is 2.60.